The number of aromatic nitrogens is 2. The van der Waals surface area contributed by atoms with E-state index < -0.39 is 0 Å². The summed E-state index contributed by atoms with van der Waals surface area (Å²) >= 11 is 1.39. The summed E-state index contributed by atoms with van der Waals surface area (Å²) in [4.78, 5) is 14.5. The second-order valence-corrected chi connectivity index (χ2v) is 7.57. The SMILES string of the molecule is COc1ccc(-c2nnc(N(CC(C)C)C(=O)COc3ccccc3)s2)cc1. The maximum atomic E-state index is 12.8. The first-order valence-electron chi connectivity index (χ1n) is 9.03. The van der Waals surface area contributed by atoms with Crippen molar-refractivity contribution in [2.45, 2.75) is 13.8 Å². The van der Waals surface area contributed by atoms with Crippen molar-refractivity contribution in [1.29, 1.82) is 0 Å². The van der Waals surface area contributed by atoms with E-state index in [1.54, 1.807) is 12.0 Å². The van der Waals surface area contributed by atoms with Crippen LogP contribution in [0.15, 0.2) is 54.6 Å². The molecule has 3 aromatic rings. The van der Waals surface area contributed by atoms with Crippen molar-refractivity contribution >= 4 is 22.4 Å². The molecule has 1 heterocycles. The van der Waals surface area contributed by atoms with Crippen LogP contribution in [-0.2, 0) is 4.79 Å². The summed E-state index contributed by atoms with van der Waals surface area (Å²) in [5, 5.41) is 9.84. The number of para-hydroxylation sites is 1. The molecule has 6 nitrogen and oxygen atoms in total. The molecule has 28 heavy (non-hydrogen) atoms. The lowest BCUT2D eigenvalue weighted by Crippen LogP contribution is -2.37. The summed E-state index contributed by atoms with van der Waals surface area (Å²) < 4.78 is 10.8. The minimum atomic E-state index is -0.144. The van der Waals surface area contributed by atoms with Gasteiger partial charge < -0.3 is 9.47 Å². The number of carbonyl (C=O) groups excluding carboxylic acids is 1. The van der Waals surface area contributed by atoms with Crippen molar-refractivity contribution in [3.63, 3.8) is 0 Å². The summed E-state index contributed by atoms with van der Waals surface area (Å²) in [6, 6.07) is 16.9. The first-order valence-corrected chi connectivity index (χ1v) is 9.84. The highest BCUT2D eigenvalue weighted by atomic mass is 32.1. The largest absolute Gasteiger partial charge is 0.497 e. The highest BCUT2D eigenvalue weighted by Crippen LogP contribution is 2.30. The number of rotatable bonds is 8. The molecular weight excluding hydrogens is 374 g/mol. The number of ether oxygens (including phenoxy) is 2. The number of hydrogen-bond acceptors (Lipinski definition) is 6. The van der Waals surface area contributed by atoms with Crippen molar-refractivity contribution in [2.75, 3.05) is 25.2 Å². The Bertz CT molecular complexity index is 895. The third-order valence-corrected chi connectivity index (χ3v) is 4.93. The van der Waals surface area contributed by atoms with E-state index in [2.05, 4.69) is 24.0 Å². The lowest BCUT2D eigenvalue weighted by atomic mass is 10.2. The quantitative estimate of drug-likeness (QED) is 0.568. The normalized spacial score (nSPS) is 10.7. The average Bonchev–Trinajstić information content (AvgIpc) is 3.21. The van der Waals surface area contributed by atoms with Crippen LogP contribution in [0.25, 0.3) is 10.6 Å². The lowest BCUT2D eigenvalue weighted by Gasteiger charge is -2.21. The van der Waals surface area contributed by atoms with E-state index in [9.17, 15) is 4.79 Å². The van der Waals surface area contributed by atoms with Crippen molar-refractivity contribution in [2.24, 2.45) is 5.92 Å². The standard InChI is InChI=1S/C21H23N3O3S/c1-15(2)13-24(19(25)14-27-18-7-5-4-6-8-18)21-23-22-20(28-21)16-9-11-17(26-3)12-10-16/h4-12,15H,13-14H2,1-3H3. The van der Waals surface area contributed by atoms with Gasteiger partial charge in [0.2, 0.25) is 5.13 Å². The van der Waals surface area contributed by atoms with Crippen LogP contribution >= 0.6 is 11.3 Å². The van der Waals surface area contributed by atoms with Gasteiger partial charge in [0, 0.05) is 12.1 Å². The minimum Gasteiger partial charge on any atom is -0.497 e. The maximum Gasteiger partial charge on any atom is 0.266 e. The summed E-state index contributed by atoms with van der Waals surface area (Å²) in [6.07, 6.45) is 0. The fraction of sp³-hybridized carbons (Fsp3) is 0.286. The molecule has 146 valence electrons. The average molecular weight is 398 g/mol. The topological polar surface area (TPSA) is 64.6 Å². The monoisotopic (exact) mass is 397 g/mol. The van der Waals surface area contributed by atoms with Gasteiger partial charge in [0.15, 0.2) is 6.61 Å². The van der Waals surface area contributed by atoms with E-state index >= 15 is 0 Å². The van der Waals surface area contributed by atoms with E-state index in [-0.39, 0.29) is 18.4 Å². The Labute approximate surface area is 168 Å². The van der Waals surface area contributed by atoms with Gasteiger partial charge in [-0.3, -0.25) is 9.69 Å². The fourth-order valence-corrected chi connectivity index (χ4v) is 3.44. The molecule has 1 aromatic heterocycles. The smallest absolute Gasteiger partial charge is 0.266 e. The fourth-order valence-electron chi connectivity index (χ4n) is 2.57. The summed E-state index contributed by atoms with van der Waals surface area (Å²) in [5.41, 5.74) is 0.932. The molecule has 3 rings (SSSR count). The molecule has 0 atom stereocenters. The number of hydrogen-bond donors (Lipinski definition) is 0. The lowest BCUT2D eigenvalue weighted by molar-refractivity contribution is -0.120. The van der Waals surface area contributed by atoms with Crippen molar-refractivity contribution in [3.8, 4) is 22.1 Å². The molecule has 0 spiro atoms. The number of anilines is 1. The molecule has 0 unspecified atom stereocenters. The Hall–Kier alpha value is -2.93. The first kappa shape index (κ1) is 19.8. The summed E-state index contributed by atoms with van der Waals surface area (Å²) in [6.45, 7) is 4.62. The van der Waals surface area contributed by atoms with Crippen LogP contribution < -0.4 is 14.4 Å². The number of nitrogens with zero attached hydrogens (tertiary/aromatic N) is 3. The Morgan fingerprint density at radius 3 is 2.39 bits per heavy atom. The van der Waals surface area contributed by atoms with Crippen LogP contribution in [0.4, 0.5) is 5.13 Å². The van der Waals surface area contributed by atoms with Crippen LogP contribution in [0.5, 0.6) is 11.5 Å². The molecule has 0 radical (unpaired) electrons. The number of amides is 1. The van der Waals surface area contributed by atoms with Crippen LogP contribution in [0.2, 0.25) is 0 Å². The van der Waals surface area contributed by atoms with E-state index in [0.29, 0.717) is 17.4 Å². The van der Waals surface area contributed by atoms with Gasteiger partial charge in [-0.05, 0) is 42.3 Å². The maximum absolute atomic E-state index is 12.8. The number of benzene rings is 2. The molecule has 0 bridgehead atoms. The minimum absolute atomic E-state index is 0.0474. The number of methoxy groups -OCH3 is 1. The molecule has 0 aliphatic rings. The van der Waals surface area contributed by atoms with Gasteiger partial charge in [-0.25, -0.2) is 0 Å². The second kappa shape index (κ2) is 9.32. The van der Waals surface area contributed by atoms with Gasteiger partial charge in [0.05, 0.1) is 7.11 Å². The zero-order valence-electron chi connectivity index (χ0n) is 16.2. The Kier molecular flexibility index (Phi) is 6.60. The molecule has 0 saturated heterocycles. The van der Waals surface area contributed by atoms with Crippen molar-refractivity contribution in [1.82, 2.24) is 10.2 Å². The van der Waals surface area contributed by atoms with E-state index in [1.165, 1.54) is 11.3 Å². The van der Waals surface area contributed by atoms with Gasteiger partial charge in [-0.2, -0.15) is 0 Å². The molecule has 0 saturated carbocycles. The Balaban J connectivity index is 1.75. The Morgan fingerprint density at radius 2 is 1.75 bits per heavy atom. The summed E-state index contributed by atoms with van der Waals surface area (Å²) in [7, 11) is 1.63. The highest BCUT2D eigenvalue weighted by Gasteiger charge is 2.22. The summed E-state index contributed by atoms with van der Waals surface area (Å²) in [5.74, 6) is 1.59. The first-order chi connectivity index (χ1) is 13.6. The third kappa shape index (κ3) is 5.07. The third-order valence-electron chi connectivity index (χ3n) is 3.94. The Morgan fingerprint density at radius 1 is 1.04 bits per heavy atom. The van der Waals surface area contributed by atoms with Crippen molar-refractivity contribution in [3.05, 3.63) is 54.6 Å². The molecule has 1 amide bonds. The molecule has 0 aliphatic heterocycles. The van der Waals surface area contributed by atoms with Gasteiger partial charge in [0.1, 0.15) is 16.5 Å². The molecule has 0 aliphatic carbocycles. The molecule has 7 heteroatoms. The van der Waals surface area contributed by atoms with Crippen LogP contribution in [0, 0.1) is 5.92 Å². The van der Waals surface area contributed by atoms with Gasteiger partial charge in [-0.15, -0.1) is 10.2 Å². The predicted octanol–water partition coefficient (Wildman–Crippen LogP) is 4.28. The van der Waals surface area contributed by atoms with Crippen molar-refractivity contribution < 1.29 is 14.3 Å². The molecular formula is C21H23N3O3S. The molecule has 2 aromatic carbocycles. The van der Waals surface area contributed by atoms with E-state index in [0.717, 1.165) is 16.3 Å². The molecule has 0 fully saturated rings. The van der Waals surface area contributed by atoms with E-state index in [1.807, 2.05) is 54.6 Å². The van der Waals surface area contributed by atoms with Gasteiger partial charge in [-0.1, -0.05) is 43.4 Å². The molecule has 0 N–H and O–H groups in total. The number of carbonyl (C=O) groups is 1. The van der Waals surface area contributed by atoms with Gasteiger partial charge >= 0.3 is 0 Å². The van der Waals surface area contributed by atoms with E-state index in [4.69, 9.17) is 9.47 Å². The van der Waals surface area contributed by atoms with Crippen LogP contribution in [-0.4, -0.2) is 36.4 Å². The second-order valence-electron chi connectivity index (χ2n) is 6.62. The zero-order chi connectivity index (χ0) is 19.9. The predicted molar refractivity (Wildman–Crippen MR) is 111 cm³/mol. The zero-order valence-corrected chi connectivity index (χ0v) is 17.0. The van der Waals surface area contributed by atoms with Crippen LogP contribution in [0.1, 0.15) is 13.8 Å². The van der Waals surface area contributed by atoms with Gasteiger partial charge in [0.25, 0.3) is 5.91 Å². The van der Waals surface area contributed by atoms with Crippen LogP contribution in [0.3, 0.4) is 0 Å². The highest BCUT2D eigenvalue weighted by molar-refractivity contribution is 7.18.